The van der Waals surface area contributed by atoms with E-state index in [-0.39, 0.29) is 17.9 Å². The Morgan fingerprint density at radius 2 is 1.84 bits per heavy atom. The van der Waals surface area contributed by atoms with Crippen LogP contribution in [0, 0.1) is 0 Å². The van der Waals surface area contributed by atoms with Crippen molar-refractivity contribution in [1.82, 2.24) is 19.7 Å². The van der Waals surface area contributed by atoms with E-state index in [9.17, 15) is 4.79 Å². The summed E-state index contributed by atoms with van der Waals surface area (Å²) in [6, 6.07) is 16.2. The van der Waals surface area contributed by atoms with Crippen molar-refractivity contribution >= 4 is 33.4 Å². The van der Waals surface area contributed by atoms with Crippen molar-refractivity contribution in [2.45, 2.75) is 39.3 Å². The smallest absolute Gasteiger partial charge is 0.246 e. The summed E-state index contributed by atoms with van der Waals surface area (Å²) in [5.41, 5.74) is 4.05. The molecule has 0 saturated heterocycles. The van der Waals surface area contributed by atoms with Gasteiger partial charge in [-0.25, -0.2) is 4.98 Å². The number of carbonyl (C=O) groups excluding carboxylic acids is 1. The Kier molecular flexibility index (Phi) is 5.84. The normalized spacial score (nSPS) is 11.7. The SMILES string of the molecule is COCc1nnc(NC(=O)Cn2c(-c3ccc(C(C)(C)C)cc3)nc3ccccc32)s1. The van der Waals surface area contributed by atoms with Crippen LogP contribution in [0.2, 0.25) is 0 Å². The Morgan fingerprint density at radius 3 is 2.55 bits per heavy atom. The van der Waals surface area contributed by atoms with Gasteiger partial charge in [0.1, 0.15) is 24.0 Å². The average Bonchev–Trinajstić information content (AvgIpc) is 3.32. The summed E-state index contributed by atoms with van der Waals surface area (Å²) in [5, 5.41) is 12.0. The van der Waals surface area contributed by atoms with Crippen LogP contribution < -0.4 is 5.32 Å². The maximum absolute atomic E-state index is 12.8. The molecule has 0 aliphatic rings. The number of nitrogens with one attached hydrogen (secondary N) is 1. The second kappa shape index (κ2) is 8.56. The van der Waals surface area contributed by atoms with Gasteiger partial charge in [0, 0.05) is 12.7 Å². The lowest BCUT2D eigenvalue weighted by Crippen LogP contribution is -2.19. The van der Waals surface area contributed by atoms with Crippen LogP contribution in [0.25, 0.3) is 22.4 Å². The molecule has 0 aliphatic carbocycles. The number of rotatable bonds is 6. The van der Waals surface area contributed by atoms with Gasteiger partial charge in [0.05, 0.1) is 11.0 Å². The fraction of sp³-hybridized carbons (Fsp3) is 0.304. The van der Waals surface area contributed by atoms with Crippen molar-refractivity contribution in [2.75, 3.05) is 12.4 Å². The summed E-state index contributed by atoms with van der Waals surface area (Å²) in [6.45, 7) is 7.05. The van der Waals surface area contributed by atoms with Gasteiger partial charge in [0.25, 0.3) is 0 Å². The molecule has 2 aromatic carbocycles. The van der Waals surface area contributed by atoms with Gasteiger partial charge in [0.2, 0.25) is 11.0 Å². The van der Waals surface area contributed by atoms with Gasteiger partial charge >= 0.3 is 0 Å². The highest BCUT2D eigenvalue weighted by Gasteiger charge is 2.18. The van der Waals surface area contributed by atoms with E-state index < -0.39 is 0 Å². The monoisotopic (exact) mass is 435 g/mol. The molecule has 31 heavy (non-hydrogen) atoms. The van der Waals surface area contributed by atoms with Crippen LogP contribution in [0.5, 0.6) is 0 Å². The van der Waals surface area contributed by atoms with Gasteiger partial charge in [-0.3, -0.25) is 10.1 Å². The van der Waals surface area contributed by atoms with E-state index >= 15 is 0 Å². The number of amides is 1. The van der Waals surface area contributed by atoms with Crippen LogP contribution in [0.4, 0.5) is 5.13 Å². The van der Waals surface area contributed by atoms with Crippen molar-refractivity contribution in [3.8, 4) is 11.4 Å². The van der Waals surface area contributed by atoms with Gasteiger partial charge in [-0.1, -0.05) is 68.5 Å². The molecule has 7 nitrogen and oxygen atoms in total. The third-order valence-electron chi connectivity index (χ3n) is 4.95. The zero-order valence-electron chi connectivity index (χ0n) is 18.0. The second-order valence-electron chi connectivity index (χ2n) is 8.32. The highest BCUT2D eigenvalue weighted by molar-refractivity contribution is 7.15. The minimum atomic E-state index is -0.184. The van der Waals surface area contributed by atoms with E-state index in [1.165, 1.54) is 16.9 Å². The number of benzene rings is 2. The van der Waals surface area contributed by atoms with Crippen LogP contribution in [0.3, 0.4) is 0 Å². The molecule has 4 aromatic rings. The number of fused-ring (bicyclic) bond motifs is 1. The van der Waals surface area contributed by atoms with Gasteiger partial charge in [-0.15, -0.1) is 10.2 Å². The van der Waals surface area contributed by atoms with Crippen molar-refractivity contribution in [1.29, 1.82) is 0 Å². The summed E-state index contributed by atoms with van der Waals surface area (Å²) in [7, 11) is 1.60. The van der Waals surface area contributed by atoms with E-state index in [4.69, 9.17) is 9.72 Å². The first-order valence-electron chi connectivity index (χ1n) is 10.0. The molecule has 0 bridgehead atoms. The summed E-state index contributed by atoms with van der Waals surface area (Å²) >= 11 is 1.30. The van der Waals surface area contributed by atoms with Crippen molar-refractivity contribution < 1.29 is 9.53 Å². The van der Waals surface area contributed by atoms with Crippen molar-refractivity contribution in [3.63, 3.8) is 0 Å². The molecule has 8 heteroatoms. The first-order valence-corrected chi connectivity index (χ1v) is 10.8. The van der Waals surface area contributed by atoms with Crippen LogP contribution >= 0.6 is 11.3 Å². The molecule has 0 radical (unpaired) electrons. The first kappa shape index (κ1) is 21.1. The minimum Gasteiger partial charge on any atom is -0.377 e. The van der Waals surface area contributed by atoms with Crippen molar-refractivity contribution in [3.05, 3.63) is 59.1 Å². The maximum atomic E-state index is 12.8. The Morgan fingerprint density at radius 1 is 1.10 bits per heavy atom. The Hall–Kier alpha value is -3.10. The third kappa shape index (κ3) is 4.65. The molecule has 0 saturated carbocycles. The quantitative estimate of drug-likeness (QED) is 0.477. The predicted octanol–water partition coefficient (Wildman–Crippen LogP) is 4.64. The van der Waals surface area contributed by atoms with Gasteiger partial charge in [0.15, 0.2) is 0 Å². The van der Waals surface area contributed by atoms with E-state index in [1.807, 2.05) is 28.8 Å². The number of hydrogen-bond acceptors (Lipinski definition) is 6. The highest BCUT2D eigenvalue weighted by Crippen LogP contribution is 2.28. The highest BCUT2D eigenvalue weighted by atomic mass is 32.1. The molecule has 0 unspecified atom stereocenters. The zero-order valence-corrected chi connectivity index (χ0v) is 18.9. The standard InChI is InChI=1S/C23H25N5O2S/c1-23(2,3)16-11-9-15(10-12-16)21-24-17-7-5-6-8-18(17)28(21)13-19(29)25-22-27-26-20(31-22)14-30-4/h5-12H,13-14H2,1-4H3,(H,25,27,29). The Bertz CT molecular complexity index is 1200. The fourth-order valence-electron chi connectivity index (χ4n) is 3.36. The first-order chi connectivity index (χ1) is 14.8. The Labute approximate surface area is 185 Å². The molecule has 0 aliphatic heterocycles. The molecule has 4 rings (SSSR count). The topological polar surface area (TPSA) is 81.9 Å². The number of aromatic nitrogens is 4. The molecule has 0 fully saturated rings. The molecule has 2 heterocycles. The fourth-order valence-corrected chi connectivity index (χ4v) is 4.09. The lowest BCUT2D eigenvalue weighted by atomic mass is 9.87. The number of methoxy groups -OCH3 is 1. The number of carbonyl (C=O) groups is 1. The molecule has 2 aromatic heterocycles. The van der Waals surface area contributed by atoms with Crippen LogP contribution in [-0.4, -0.2) is 32.8 Å². The molecule has 1 amide bonds. The number of hydrogen-bond donors (Lipinski definition) is 1. The van der Waals surface area contributed by atoms with Gasteiger partial charge in [-0.2, -0.15) is 0 Å². The van der Waals surface area contributed by atoms with E-state index in [0.717, 1.165) is 22.4 Å². The number of nitrogens with zero attached hydrogens (tertiary/aromatic N) is 4. The number of ether oxygens (including phenoxy) is 1. The summed E-state index contributed by atoms with van der Waals surface area (Å²) in [5.74, 6) is 0.574. The van der Waals surface area contributed by atoms with Crippen molar-refractivity contribution in [2.24, 2.45) is 0 Å². The zero-order chi connectivity index (χ0) is 22.0. The predicted molar refractivity (Wildman–Crippen MR) is 123 cm³/mol. The van der Waals surface area contributed by atoms with E-state index in [1.54, 1.807) is 7.11 Å². The number of para-hydroxylation sites is 2. The lowest BCUT2D eigenvalue weighted by Gasteiger charge is -2.19. The molecular formula is C23H25N5O2S. The van der Waals surface area contributed by atoms with Crippen LogP contribution in [-0.2, 0) is 28.1 Å². The Balaban J connectivity index is 1.64. The average molecular weight is 436 g/mol. The molecule has 0 atom stereocenters. The van der Waals surface area contributed by atoms with Crippen LogP contribution in [0.1, 0.15) is 31.3 Å². The van der Waals surface area contributed by atoms with E-state index in [0.29, 0.717) is 16.7 Å². The summed E-state index contributed by atoms with van der Waals surface area (Å²) in [6.07, 6.45) is 0. The summed E-state index contributed by atoms with van der Waals surface area (Å²) < 4.78 is 6.99. The van der Waals surface area contributed by atoms with Crippen LogP contribution in [0.15, 0.2) is 48.5 Å². The maximum Gasteiger partial charge on any atom is 0.246 e. The molecule has 0 spiro atoms. The minimum absolute atomic E-state index is 0.0714. The molecular weight excluding hydrogens is 410 g/mol. The molecule has 160 valence electrons. The van der Waals surface area contributed by atoms with E-state index in [2.05, 4.69) is 60.6 Å². The lowest BCUT2D eigenvalue weighted by molar-refractivity contribution is -0.116. The van der Waals surface area contributed by atoms with Gasteiger partial charge in [-0.05, 0) is 23.1 Å². The second-order valence-corrected chi connectivity index (χ2v) is 9.38. The largest absolute Gasteiger partial charge is 0.377 e. The number of anilines is 1. The summed E-state index contributed by atoms with van der Waals surface area (Å²) in [4.78, 5) is 17.6. The molecule has 1 N–H and O–H groups in total. The third-order valence-corrected chi connectivity index (χ3v) is 5.76. The number of imidazole rings is 1. The van der Waals surface area contributed by atoms with Gasteiger partial charge < -0.3 is 9.30 Å².